The summed E-state index contributed by atoms with van der Waals surface area (Å²) in [5.41, 5.74) is -0.925. The Morgan fingerprint density at radius 1 is 1.43 bits per heavy atom. The molecule has 0 saturated carbocycles. The van der Waals surface area contributed by atoms with Gasteiger partial charge in [-0.25, -0.2) is 0 Å². The minimum atomic E-state index is -1.34. The van der Waals surface area contributed by atoms with Crippen LogP contribution in [-0.2, 0) is 9.53 Å². The molecule has 0 radical (unpaired) electrons. The smallest absolute Gasteiger partial charge is 0.220 e. The van der Waals surface area contributed by atoms with Gasteiger partial charge in [0.2, 0.25) is 6.29 Å². The number of hydrogen-bond donors (Lipinski definition) is 0. The van der Waals surface area contributed by atoms with E-state index in [0.717, 1.165) is 12.8 Å². The third-order valence-electron chi connectivity index (χ3n) is 3.67. The fourth-order valence-electron chi connectivity index (χ4n) is 2.44. The van der Waals surface area contributed by atoms with E-state index in [0.29, 0.717) is 24.2 Å². The number of allylic oxidation sites excluding steroid dienone is 1. The zero-order chi connectivity index (χ0) is 15.3. The van der Waals surface area contributed by atoms with E-state index in [4.69, 9.17) is 9.47 Å². The number of rotatable bonds is 7. The summed E-state index contributed by atoms with van der Waals surface area (Å²) in [5, 5.41) is 0. The van der Waals surface area contributed by atoms with Crippen molar-refractivity contribution in [2.24, 2.45) is 5.41 Å². The molecular formula is C17H20O4. The van der Waals surface area contributed by atoms with E-state index in [2.05, 4.69) is 6.58 Å². The summed E-state index contributed by atoms with van der Waals surface area (Å²) in [6, 6.07) is 6.92. The number of aldehydes is 1. The van der Waals surface area contributed by atoms with Crippen LogP contribution < -0.4 is 4.74 Å². The zero-order valence-electron chi connectivity index (χ0n) is 12.2. The van der Waals surface area contributed by atoms with Crippen molar-refractivity contribution >= 4 is 12.1 Å². The topological polar surface area (TPSA) is 52.6 Å². The second-order valence-corrected chi connectivity index (χ2v) is 5.15. The van der Waals surface area contributed by atoms with Gasteiger partial charge in [0.05, 0.1) is 12.2 Å². The molecule has 0 N–H and O–H groups in total. The lowest BCUT2D eigenvalue weighted by molar-refractivity contribution is -0.156. The first-order valence-corrected chi connectivity index (χ1v) is 7.19. The molecule has 1 aliphatic rings. The predicted molar refractivity (Wildman–Crippen MR) is 79.4 cm³/mol. The van der Waals surface area contributed by atoms with E-state index in [-0.39, 0.29) is 12.2 Å². The number of carbonyl (C=O) groups is 2. The highest BCUT2D eigenvalue weighted by molar-refractivity contribution is 6.11. The number of carbonyl (C=O) groups excluding carboxylic acids is 2. The Hall–Kier alpha value is -1.94. The summed E-state index contributed by atoms with van der Waals surface area (Å²) < 4.78 is 11.5. The van der Waals surface area contributed by atoms with Crippen LogP contribution in [0.25, 0.3) is 0 Å². The van der Waals surface area contributed by atoms with Crippen LogP contribution in [0.2, 0.25) is 0 Å². The van der Waals surface area contributed by atoms with E-state index in [1.807, 2.05) is 6.92 Å². The second-order valence-electron chi connectivity index (χ2n) is 5.15. The maximum Gasteiger partial charge on any atom is 0.220 e. The third-order valence-corrected chi connectivity index (χ3v) is 3.67. The molecule has 1 aromatic carbocycles. The fourth-order valence-corrected chi connectivity index (χ4v) is 2.44. The second kappa shape index (κ2) is 6.68. The average molecular weight is 288 g/mol. The van der Waals surface area contributed by atoms with Crippen molar-refractivity contribution in [3.05, 3.63) is 42.5 Å². The number of Topliss-reactive ketones (excluding diaryl/α,β-unsaturated/α-hetero) is 1. The Morgan fingerprint density at radius 2 is 2.19 bits per heavy atom. The summed E-state index contributed by atoms with van der Waals surface area (Å²) in [6.07, 6.45) is 3.30. The Labute approximate surface area is 124 Å². The van der Waals surface area contributed by atoms with Gasteiger partial charge in [0.25, 0.3) is 0 Å². The number of ether oxygens (including phenoxy) is 2. The molecule has 2 unspecified atom stereocenters. The molecule has 4 heteroatoms. The van der Waals surface area contributed by atoms with Crippen LogP contribution >= 0.6 is 0 Å². The van der Waals surface area contributed by atoms with Crippen LogP contribution in [0, 0.1) is 5.41 Å². The molecule has 0 spiro atoms. The van der Waals surface area contributed by atoms with Crippen LogP contribution in [0.1, 0.15) is 36.5 Å². The van der Waals surface area contributed by atoms with Crippen molar-refractivity contribution in [1.29, 1.82) is 0 Å². The SMILES string of the molecule is C=CCC1(C=O)C(=O)c2ccccc2OC1OCCCC. The largest absolute Gasteiger partial charge is 0.463 e. The maximum atomic E-state index is 12.8. The van der Waals surface area contributed by atoms with Gasteiger partial charge in [-0.1, -0.05) is 31.6 Å². The fraction of sp³-hybridized carbons (Fsp3) is 0.412. The van der Waals surface area contributed by atoms with Crippen LogP contribution in [0.5, 0.6) is 5.75 Å². The summed E-state index contributed by atoms with van der Waals surface area (Å²) >= 11 is 0. The van der Waals surface area contributed by atoms with E-state index >= 15 is 0 Å². The number of unbranched alkanes of at least 4 members (excludes halogenated alkanes) is 1. The summed E-state index contributed by atoms with van der Waals surface area (Å²) in [4.78, 5) is 24.5. The Balaban J connectivity index is 2.39. The lowest BCUT2D eigenvalue weighted by atomic mass is 9.76. The van der Waals surface area contributed by atoms with Gasteiger partial charge < -0.3 is 14.3 Å². The first-order chi connectivity index (χ1) is 10.2. The van der Waals surface area contributed by atoms with Gasteiger partial charge in [-0.3, -0.25) is 4.79 Å². The highest BCUT2D eigenvalue weighted by Gasteiger charge is 2.51. The summed E-state index contributed by atoms with van der Waals surface area (Å²) in [5.74, 6) is 0.200. The van der Waals surface area contributed by atoms with Gasteiger partial charge in [-0.05, 0) is 25.0 Å². The molecule has 0 aromatic heterocycles. The molecule has 1 aliphatic heterocycles. The average Bonchev–Trinajstić information content (AvgIpc) is 2.51. The molecule has 21 heavy (non-hydrogen) atoms. The third kappa shape index (κ3) is 2.76. The first-order valence-electron chi connectivity index (χ1n) is 7.19. The molecule has 1 aromatic rings. The molecule has 0 fully saturated rings. The van der Waals surface area contributed by atoms with E-state index in [1.54, 1.807) is 30.3 Å². The van der Waals surface area contributed by atoms with Crippen LogP contribution in [0.15, 0.2) is 36.9 Å². The van der Waals surface area contributed by atoms with Gasteiger partial charge >= 0.3 is 0 Å². The van der Waals surface area contributed by atoms with E-state index in [9.17, 15) is 9.59 Å². The molecule has 2 atom stereocenters. The van der Waals surface area contributed by atoms with Gasteiger partial charge in [0.15, 0.2) is 11.2 Å². The van der Waals surface area contributed by atoms with E-state index < -0.39 is 11.7 Å². The molecule has 0 saturated heterocycles. The normalized spacial score (nSPS) is 24.0. The number of ketones is 1. The summed E-state index contributed by atoms with van der Waals surface area (Å²) in [7, 11) is 0. The van der Waals surface area contributed by atoms with Crippen LogP contribution in [-0.4, -0.2) is 25.0 Å². The van der Waals surface area contributed by atoms with Crippen molar-refractivity contribution in [1.82, 2.24) is 0 Å². The lowest BCUT2D eigenvalue weighted by Crippen LogP contribution is -2.51. The molecular weight excluding hydrogens is 268 g/mol. The molecule has 0 aliphatic carbocycles. The standard InChI is InChI=1S/C17H20O4/c1-3-5-11-20-16-17(12-18,10-4-2)15(19)13-8-6-7-9-14(13)21-16/h4,6-9,12,16H,2-3,5,10-11H2,1H3. The van der Waals surface area contributed by atoms with Gasteiger partial charge in [-0.2, -0.15) is 0 Å². The van der Waals surface area contributed by atoms with Crippen molar-refractivity contribution in [2.45, 2.75) is 32.5 Å². The van der Waals surface area contributed by atoms with Crippen molar-refractivity contribution in [2.75, 3.05) is 6.61 Å². The number of benzene rings is 1. The van der Waals surface area contributed by atoms with Gasteiger partial charge in [-0.15, -0.1) is 6.58 Å². The van der Waals surface area contributed by atoms with Crippen LogP contribution in [0.4, 0.5) is 0 Å². The van der Waals surface area contributed by atoms with Crippen LogP contribution in [0.3, 0.4) is 0 Å². The maximum absolute atomic E-state index is 12.8. The molecule has 1 heterocycles. The minimum absolute atomic E-state index is 0.195. The predicted octanol–water partition coefficient (Wildman–Crippen LogP) is 3.17. The zero-order valence-corrected chi connectivity index (χ0v) is 12.2. The quantitative estimate of drug-likeness (QED) is 0.335. The highest BCUT2D eigenvalue weighted by atomic mass is 16.7. The minimum Gasteiger partial charge on any atom is -0.463 e. The Morgan fingerprint density at radius 3 is 2.86 bits per heavy atom. The lowest BCUT2D eigenvalue weighted by Gasteiger charge is -2.38. The van der Waals surface area contributed by atoms with Gasteiger partial charge in [0.1, 0.15) is 12.0 Å². The molecule has 0 bridgehead atoms. The molecule has 4 nitrogen and oxygen atoms in total. The number of fused-ring (bicyclic) bond motifs is 1. The van der Waals surface area contributed by atoms with Gasteiger partial charge in [0, 0.05) is 0 Å². The Kier molecular flexibility index (Phi) is 4.91. The van der Waals surface area contributed by atoms with Crippen molar-refractivity contribution < 1.29 is 19.1 Å². The molecule has 112 valence electrons. The molecule has 0 amide bonds. The van der Waals surface area contributed by atoms with E-state index in [1.165, 1.54) is 0 Å². The highest BCUT2D eigenvalue weighted by Crippen LogP contribution is 2.40. The van der Waals surface area contributed by atoms with Crippen molar-refractivity contribution in [3.63, 3.8) is 0 Å². The molecule has 2 rings (SSSR count). The number of hydrogen-bond acceptors (Lipinski definition) is 4. The number of para-hydroxylation sites is 1. The Bertz CT molecular complexity index is 537. The monoisotopic (exact) mass is 288 g/mol. The van der Waals surface area contributed by atoms with Crippen molar-refractivity contribution in [3.8, 4) is 5.75 Å². The first kappa shape index (κ1) is 15.4. The summed E-state index contributed by atoms with van der Waals surface area (Å²) in [6.45, 7) is 6.14.